The van der Waals surface area contributed by atoms with E-state index in [2.05, 4.69) is 20.7 Å². The lowest BCUT2D eigenvalue weighted by Crippen LogP contribution is -2.33. The Morgan fingerprint density at radius 1 is 1.33 bits per heavy atom. The minimum absolute atomic E-state index is 0.174. The Hall–Kier alpha value is 0.390. The van der Waals surface area contributed by atoms with Crippen LogP contribution >= 0.6 is 15.9 Å². The lowest BCUT2D eigenvalue weighted by molar-refractivity contribution is 0.458. The Balaban J connectivity index is 4.06. The predicted molar refractivity (Wildman–Crippen MR) is 55.0 cm³/mol. The third kappa shape index (κ3) is 7.06. The molecule has 5 heteroatoms. The van der Waals surface area contributed by atoms with Crippen LogP contribution in [0.1, 0.15) is 20.8 Å². The molecule has 3 nitrogen and oxygen atoms in total. The summed E-state index contributed by atoms with van der Waals surface area (Å²) in [5.74, 6) is 0.174. The molecule has 0 aliphatic heterocycles. The molecular formula is C7H16BrNO2S. The van der Waals surface area contributed by atoms with E-state index < -0.39 is 10.0 Å². The van der Waals surface area contributed by atoms with Gasteiger partial charge in [0.05, 0.1) is 5.75 Å². The fraction of sp³-hybridized carbons (Fsp3) is 1.00. The summed E-state index contributed by atoms with van der Waals surface area (Å²) in [7, 11) is -3.08. The first-order valence-corrected chi connectivity index (χ1v) is 6.57. The second kappa shape index (κ2) is 4.58. The number of alkyl halides is 1. The van der Waals surface area contributed by atoms with Crippen LogP contribution in [0.15, 0.2) is 0 Å². The topological polar surface area (TPSA) is 46.2 Å². The molecule has 0 aromatic heterocycles. The molecule has 0 spiro atoms. The van der Waals surface area contributed by atoms with Gasteiger partial charge in [0, 0.05) is 11.9 Å². The van der Waals surface area contributed by atoms with Crippen LogP contribution < -0.4 is 4.72 Å². The van der Waals surface area contributed by atoms with E-state index in [0.717, 1.165) is 0 Å². The Morgan fingerprint density at radius 2 is 1.83 bits per heavy atom. The van der Waals surface area contributed by atoms with Gasteiger partial charge in [0.15, 0.2) is 0 Å². The van der Waals surface area contributed by atoms with E-state index in [0.29, 0.717) is 11.9 Å². The Bertz CT molecular complexity index is 218. The average molecular weight is 258 g/mol. The standard InChI is InChI=1S/C7H16BrNO2S/c1-7(2,3)6-12(10,11)9-5-4-8/h9H,4-6H2,1-3H3. The number of nitrogens with one attached hydrogen (secondary N) is 1. The van der Waals surface area contributed by atoms with E-state index in [1.54, 1.807) is 0 Å². The molecule has 0 amide bonds. The molecule has 0 aromatic carbocycles. The zero-order valence-corrected chi connectivity index (χ0v) is 10.1. The first-order chi connectivity index (χ1) is 5.27. The minimum atomic E-state index is -3.08. The third-order valence-electron chi connectivity index (χ3n) is 1.04. The largest absolute Gasteiger partial charge is 0.214 e. The molecule has 0 heterocycles. The number of halogens is 1. The Kier molecular flexibility index (Phi) is 4.73. The van der Waals surface area contributed by atoms with Gasteiger partial charge in [0.1, 0.15) is 0 Å². The van der Waals surface area contributed by atoms with Gasteiger partial charge in [-0.1, -0.05) is 36.7 Å². The molecule has 0 bridgehead atoms. The van der Waals surface area contributed by atoms with Gasteiger partial charge in [0.2, 0.25) is 10.0 Å². The number of hydrogen-bond acceptors (Lipinski definition) is 2. The van der Waals surface area contributed by atoms with Crippen molar-refractivity contribution in [1.29, 1.82) is 0 Å². The second-order valence-electron chi connectivity index (χ2n) is 3.90. The monoisotopic (exact) mass is 257 g/mol. The van der Waals surface area contributed by atoms with Crippen LogP contribution in [0.2, 0.25) is 0 Å². The van der Waals surface area contributed by atoms with Gasteiger partial charge in [-0.2, -0.15) is 0 Å². The quantitative estimate of drug-likeness (QED) is 0.773. The first kappa shape index (κ1) is 12.4. The highest BCUT2D eigenvalue weighted by atomic mass is 79.9. The first-order valence-electron chi connectivity index (χ1n) is 3.80. The molecule has 1 N–H and O–H groups in total. The van der Waals surface area contributed by atoms with Crippen molar-refractivity contribution in [2.75, 3.05) is 17.6 Å². The van der Waals surface area contributed by atoms with Crippen molar-refractivity contribution in [3.8, 4) is 0 Å². The summed E-state index contributed by atoms with van der Waals surface area (Å²) >= 11 is 3.15. The Labute approximate surface area is 83.1 Å². The molecule has 0 radical (unpaired) electrons. The van der Waals surface area contributed by atoms with E-state index in [1.165, 1.54) is 0 Å². The van der Waals surface area contributed by atoms with E-state index in [4.69, 9.17) is 0 Å². The molecule has 0 unspecified atom stereocenters. The lowest BCUT2D eigenvalue weighted by Gasteiger charge is -2.17. The predicted octanol–water partition coefficient (Wildman–Crippen LogP) is 1.35. The van der Waals surface area contributed by atoms with Crippen molar-refractivity contribution in [3.05, 3.63) is 0 Å². The molecule has 0 fully saturated rings. The van der Waals surface area contributed by atoms with E-state index >= 15 is 0 Å². The van der Waals surface area contributed by atoms with E-state index in [-0.39, 0.29) is 11.2 Å². The van der Waals surface area contributed by atoms with Gasteiger partial charge in [-0.3, -0.25) is 0 Å². The van der Waals surface area contributed by atoms with Crippen molar-refractivity contribution in [2.24, 2.45) is 5.41 Å². The minimum Gasteiger partial charge on any atom is -0.214 e. The molecule has 74 valence electrons. The summed E-state index contributed by atoms with van der Waals surface area (Å²) in [5.41, 5.74) is -0.182. The van der Waals surface area contributed by atoms with Crippen molar-refractivity contribution < 1.29 is 8.42 Å². The van der Waals surface area contributed by atoms with Crippen LogP contribution in [0.4, 0.5) is 0 Å². The average Bonchev–Trinajstić information content (AvgIpc) is 1.78. The summed E-state index contributed by atoms with van der Waals surface area (Å²) in [4.78, 5) is 0. The van der Waals surface area contributed by atoms with E-state index in [1.807, 2.05) is 20.8 Å². The van der Waals surface area contributed by atoms with Gasteiger partial charge in [-0.25, -0.2) is 13.1 Å². The van der Waals surface area contributed by atoms with Crippen LogP contribution in [-0.2, 0) is 10.0 Å². The molecule has 0 saturated carbocycles. The second-order valence-corrected chi connectivity index (χ2v) is 6.50. The zero-order chi connectivity index (χ0) is 9.83. The smallest absolute Gasteiger partial charge is 0.212 e. The molecular weight excluding hydrogens is 242 g/mol. The fourth-order valence-corrected chi connectivity index (χ4v) is 2.93. The van der Waals surface area contributed by atoms with Crippen molar-refractivity contribution in [3.63, 3.8) is 0 Å². The summed E-state index contributed by atoms with van der Waals surface area (Å²) < 4.78 is 25.0. The fourth-order valence-electron chi connectivity index (χ4n) is 0.815. The van der Waals surface area contributed by atoms with E-state index in [9.17, 15) is 8.42 Å². The summed E-state index contributed by atoms with van der Waals surface area (Å²) in [6.45, 7) is 6.17. The van der Waals surface area contributed by atoms with Gasteiger partial charge in [0.25, 0.3) is 0 Å². The summed E-state index contributed by atoms with van der Waals surface area (Å²) in [6.07, 6.45) is 0. The van der Waals surface area contributed by atoms with Crippen molar-refractivity contribution >= 4 is 26.0 Å². The maximum atomic E-state index is 11.3. The van der Waals surface area contributed by atoms with Crippen LogP contribution in [-0.4, -0.2) is 26.0 Å². The van der Waals surface area contributed by atoms with Gasteiger partial charge in [-0.15, -0.1) is 0 Å². The molecule has 12 heavy (non-hydrogen) atoms. The highest BCUT2D eigenvalue weighted by Crippen LogP contribution is 2.14. The van der Waals surface area contributed by atoms with Gasteiger partial charge < -0.3 is 0 Å². The Morgan fingerprint density at radius 3 is 2.17 bits per heavy atom. The molecule has 0 aliphatic carbocycles. The number of hydrogen-bond donors (Lipinski definition) is 1. The third-order valence-corrected chi connectivity index (χ3v) is 3.33. The van der Waals surface area contributed by atoms with Crippen LogP contribution in [0.3, 0.4) is 0 Å². The normalized spacial score (nSPS) is 13.3. The van der Waals surface area contributed by atoms with Crippen LogP contribution in [0, 0.1) is 5.41 Å². The zero-order valence-electron chi connectivity index (χ0n) is 7.72. The van der Waals surface area contributed by atoms with Crippen molar-refractivity contribution in [2.45, 2.75) is 20.8 Å². The lowest BCUT2D eigenvalue weighted by atomic mass is 10.0. The molecule has 0 rings (SSSR count). The highest BCUT2D eigenvalue weighted by Gasteiger charge is 2.20. The summed E-state index contributed by atoms with van der Waals surface area (Å²) in [5, 5.41) is 0.649. The maximum absolute atomic E-state index is 11.3. The van der Waals surface area contributed by atoms with Crippen LogP contribution in [0.25, 0.3) is 0 Å². The number of rotatable bonds is 4. The number of sulfonamides is 1. The SMILES string of the molecule is CC(C)(C)CS(=O)(=O)NCCBr. The highest BCUT2D eigenvalue weighted by molar-refractivity contribution is 9.09. The molecule has 0 saturated heterocycles. The molecule has 0 aromatic rings. The van der Waals surface area contributed by atoms with Gasteiger partial charge >= 0.3 is 0 Å². The van der Waals surface area contributed by atoms with Crippen molar-refractivity contribution in [1.82, 2.24) is 4.72 Å². The van der Waals surface area contributed by atoms with Crippen LogP contribution in [0.5, 0.6) is 0 Å². The summed E-state index contributed by atoms with van der Waals surface area (Å²) in [6, 6.07) is 0. The molecule has 0 aliphatic rings. The van der Waals surface area contributed by atoms with Gasteiger partial charge in [-0.05, 0) is 5.41 Å². The maximum Gasteiger partial charge on any atom is 0.212 e. The molecule has 0 atom stereocenters.